The predicted molar refractivity (Wildman–Crippen MR) is 86.4 cm³/mol. The summed E-state index contributed by atoms with van der Waals surface area (Å²) in [6.07, 6.45) is 0.102. The molecule has 0 aromatic heterocycles. The van der Waals surface area contributed by atoms with Crippen molar-refractivity contribution in [1.82, 2.24) is 0 Å². The molecule has 6 heteroatoms. The van der Waals surface area contributed by atoms with E-state index in [4.69, 9.17) is 9.47 Å². The highest BCUT2D eigenvalue weighted by Crippen LogP contribution is 2.38. The first kappa shape index (κ1) is 17.6. The van der Waals surface area contributed by atoms with Gasteiger partial charge in [-0.2, -0.15) is 0 Å². The number of carboxylic acid groups (broad SMARTS) is 1. The number of ether oxygens (including phenoxy) is 2. The topological polar surface area (TPSA) is 76.0 Å². The summed E-state index contributed by atoms with van der Waals surface area (Å²) in [5.74, 6) is -2.23. The molecule has 0 radical (unpaired) electrons. The molecule has 2 rings (SSSR count). The van der Waals surface area contributed by atoms with Crippen LogP contribution in [0.15, 0.2) is 30.3 Å². The number of hydrogen-bond donors (Lipinski definition) is 2. The van der Waals surface area contributed by atoms with Gasteiger partial charge in [0.15, 0.2) is 11.5 Å². The number of halogens is 1. The third-order valence-corrected chi connectivity index (χ3v) is 3.88. The molecule has 24 heavy (non-hydrogen) atoms. The van der Waals surface area contributed by atoms with Crippen LogP contribution < -0.4 is 9.47 Å². The van der Waals surface area contributed by atoms with Gasteiger partial charge in [0, 0.05) is 0 Å². The third kappa shape index (κ3) is 3.59. The van der Waals surface area contributed by atoms with E-state index in [1.807, 2.05) is 0 Å². The highest BCUT2D eigenvalue weighted by Gasteiger charge is 2.23. The van der Waals surface area contributed by atoms with Crippen LogP contribution in [0.25, 0.3) is 0 Å². The quantitative estimate of drug-likeness (QED) is 0.848. The number of benzene rings is 2. The number of carbonyl (C=O) groups is 1. The summed E-state index contributed by atoms with van der Waals surface area (Å²) >= 11 is 0. The molecule has 2 aromatic rings. The van der Waals surface area contributed by atoms with Crippen molar-refractivity contribution in [3.63, 3.8) is 0 Å². The lowest BCUT2D eigenvalue weighted by atomic mass is 9.91. The molecule has 0 fully saturated rings. The average Bonchev–Trinajstić information content (AvgIpc) is 2.56. The number of aromatic hydroxyl groups is 1. The van der Waals surface area contributed by atoms with Gasteiger partial charge in [0.2, 0.25) is 5.75 Å². The zero-order valence-electron chi connectivity index (χ0n) is 13.7. The molecule has 5 nitrogen and oxygen atoms in total. The van der Waals surface area contributed by atoms with Gasteiger partial charge >= 0.3 is 5.97 Å². The summed E-state index contributed by atoms with van der Waals surface area (Å²) in [7, 11) is 2.78. The summed E-state index contributed by atoms with van der Waals surface area (Å²) in [6.45, 7) is 1.62. The summed E-state index contributed by atoms with van der Waals surface area (Å²) < 4.78 is 23.9. The maximum Gasteiger partial charge on any atom is 0.311 e. The van der Waals surface area contributed by atoms with Gasteiger partial charge in [-0.05, 0) is 48.2 Å². The Kier molecular flexibility index (Phi) is 5.28. The van der Waals surface area contributed by atoms with Crippen molar-refractivity contribution in [1.29, 1.82) is 0 Å². The highest BCUT2D eigenvalue weighted by atomic mass is 19.1. The van der Waals surface area contributed by atoms with E-state index in [1.54, 1.807) is 31.2 Å². The Morgan fingerprint density at radius 2 is 1.75 bits per heavy atom. The molecular formula is C18H19FO5. The summed E-state index contributed by atoms with van der Waals surface area (Å²) in [5.41, 5.74) is 1.42. The van der Waals surface area contributed by atoms with Crippen LogP contribution in [0.2, 0.25) is 0 Å². The van der Waals surface area contributed by atoms with Crippen LogP contribution in [0.5, 0.6) is 17.2 Å². The first-order valence-corrected chi connectivity index (χ1v) is 7.30. The molecule has 2 aromatic carbocycles. The standard InChI is InChI=1S/C18H19FO5/c1-10-4-5-12(9-14(10)19)13(18(21)22)6-11-7-15(23-2)17(20)16(8-11)24-3/h4-5,7-9,13,20H,6H2,1-3H3,(H,21,22). The van der Waals surface area contributed by atoms with Crippen LogP contribution in [0.4, 0.5) is 4.39 Å². The number of aliphatic carboxylic acids is 1. The van der Waals surface area contributed by atoms with Crippen molar-refractivity contribution >= 4 is 5.97 Å². The number of aryl methyl sites for hydroxylation is 1. The zero-order chi connectivity index (χ0) is 17.9. The third-order valence-electron chi connectivity index (χ3n) is 3.88. The number of phenolic OH excluding ortho intramolecular Hbond substituents is 1. The minimum Gasteiger partial charge on any atom is -0.502 e. The lowest BCUT2D eigenvalue weighted by Gasteiger charge is -2.16. The minimum absolute atomic E-state index is 0.102. The maximum absolute atomic E-state index is 13.8. The normalized spacial score (nSPS) is 11.8. The second kappa shape index (κ2) is 7.21. The van der Waals surface area contributed by atoms with E-state index in [0.717, 1.165) is 0 Å². The number of hydrogen-bond acceptors (Lipinski definition) is 4. The van der Waals surface area contributed by atoms with Gasteiger partial charge in [-0.25, -0.2) is 4.39 Å². The lowest BCUT2D eigenvalue weighted by Crippen LogP contribution is -2.15. The van der Waals surface area contributed by atoms with E-state index < -0.39 is 17.7 Å². The number of phenols is 1. The van der Waals surface area contributed by atoms with E-state index in [0.29, 0.717) is 16.7 Å². The van der Waals surface area contributed by atoms with Gasteiger partial charge in [0.05, 0.1) is 20.1 Å². The molecule has 1 atom stereocenters. The van der Waals surface area contributed by atoms with Gasteiger partial charge < -0.3 is 19.7 Å². The summed E-state index contributed by atoms with van der Waals surface area (Å²) in [6, 6.07) is 7.48. The Labute approximate surface area is 139 Å². The second-order valence-electron chi connectivity index (χ2n) is 5.45. The monoisotopic (exact) mass is 334 g/mol. The fraction of sp³-hybridized carbons (Fsp3) is 0.278. The maximum atomic E-state index is 13.8. The van der Waals surface area contributed by atoms with E-state index >= 15 is 0 Å². The highest BCUT2D eigenvalue weighted by molar-refractivity contribution is 5.76. The van der Waals surface area contributed by atoms with Gasteiger partial charge in [-0.1, -0.05) is 12.1 Å². The van der Waals surface area contributed by atoms with Crippen molar-refractivity contribution in [2.24, 2.45) is 0 Å². The van der Waals surface area contributed by atoms with Gasteiger partial charge in [-0.15, -0.1) is 0 Å². The van der Waals surface area contributed by atoms with Crippen molar-refractivity contribution < 1.29 is 28.9 Å². The van der Waals surface area contributed by atoms with E-state index in [-0.39, 0.29) is 23.7 Å². The fourth-order valence-electron chi connectivity index (χ4n) is 2.47. The van der Waals surface area contributed by atoms with Crippen LogP contribution >= 0.6 is 0 Å². The largest absolute Gasteiger partial charge is 0.502 e. The molecule has 2 N–H and O–H groups in total. The van der Waals surface area contributed by atoms with Crippen molar-refractivity contribution in [3.8, 4) is 17.2 Å². The summed E-state index contributed by atoms with van der Waals surface area (Å²) in [4.78, 5) is 11.6. The molecular weight excluding hydrogens is 315 g/mol. The van der Waals surface area contributed by atoms with Gasteiger partial charge in [0.1, 0.15) is 5.82 Å². The SMILES string of the molecule is COc1cc(CC(C(=O)O)c2ccc(C)c(F)c2)cc(OC)c1O. The smallest absolute Gasteiger partial charge is 0.311 e. The van der Waals surface area contributed by atoms with Crippen LogP contribution in [0.3, 0.4) is 0 Å². The van der Waals surface area contributed by atoms with Crippen LogP contribution in [0, 0.1) is 12.7 Å². The molecule has 0 saturated heterocycles. The molecule has 1 unspecified atom stereocenters. The summed E-state index contributed by atoms with van der Waals surface area (Å²) in [5, 5.41) is 19.4. The zero-order valence-corrected chi connectivity index (χ0v) is 13.7. The number of rotatable bonds is 6. The molecule has 0 spiro atoms. The predicted octanol–water partition coefficient (Wildman–Crippen LogP) is 3.27. The van der Waals surface area contributed by atoms with Crippen molar-refractivity contribution in [2.45, 2.75) is 19.3 Å². The Morgan fingerprint density at radius 1 is 1.17 bits per heavy atom. The van der Waals surface area contributed by atoms with Crippen molar-refractivity contribution in [3.05, 3.63) is 52.8 Å². The Balaban J connectivity index is 2.41. The van der Waals surface area contributed by atoms with Crippen LogP contribution in [-0.2, 0) is 11.2 Å². The second-order valence-corrected chi connectivity index (χ2v) is 5.45. The number of carboxylic acids is 1. The van der Waals surface area contributed by atoms with E-state index in [1.165, 1.54) is 20.3 Å². The molecule has 0 aliphatic heterocycles. The Morgan fingerprint density at radius 3 is 2.21 bits per heavy atom. The average molecular weight is 334 g/mol. The van der Waals surface area contributed by atoms with E-state index in [9.17, 15) is 19.4 Å². The first-order chi connectivity index (χ1) is 11.4. The molecule has 0 amide bonds. The van der Waals surface area contributed by atoms with Crippen LogP contribution in [-0.4, -0.2) is 30.4 Å². The fourth-order valence-corrected chi connectivity index (χ4v) is 2.47. The number of methoxy groups -OCH3 is 2. The molecule has 0 saturated carbocycles. The minimum atomic E-state index is -1.07. The van der Waals surface area contributed by atoms with Crippen molar-refractivity contribution in [2.75, 3.05) is 14.2 Å². The molecule has 128 valence electrons. The molecule has 0 aliphatic carbocycles. The molecule has 0 heterocycles. The van der Waals surface area contributed by atoms with E-state index in [2.05, 4.69) is 0 Å². The van der Waals surface area contributed by atoms with Crippen LogP contribution in [0.1, 0.15) is 22.6 Å². The Bertz CT molecular complexity index is 732. The Hall–Kier alpha value is -2.76. The first-order valence-electron chi connectivity index (χ1n) is 7.30. The van der Waals surface area contributed by atoms with Gasteiger partial charge in [0.25, 0.3) is 0 Å². The van der Waals surface area contributed by atoms with Gasteiger partial charge in [-0.3, -0.25) is 4.79 Å². The molecule has 0 bridgehead atoms. The lowest BCUT2D eigenvalue weighted by molar-refractivity contribution is -0.138. The molecule has 0 aliphatic rings.